The Morgan fingerprint density at radius 1 is 1.12 bits per heavy atom. The quantitative estimate of drug-likeness (QED) is 0.873. The fourth-order valence-corrected chi connectivity index (χ4v) is 3.95. The van der Waals surface area contributed by atoms with Gasteiger partial charge in [-0.05, 0) is 31.9 Å². The number of carbonyl (C=O) groups is 2. The van der Waals surface area contributed by atoms with Gasteiger partial charge in [0.05, 0.1) is 11.5 Å². The molecule has 1 aromatic carbocycles. The first-order chi connectivity index (χ1) is 12.3. The maximum Gasteiger partial charge on any atom is 0.256 e. The van der Waals surface area contributed by atoms with Crippen LogP contribution in [0, 0.1) is 17.6 Å². The summed E-state index contributed by atoms with van der Waals surface area (Å²) in [6, 6.07) is 2.94. The van der Waals surface area contributed by atoms with Gasteiger partial charge in [0, 0.05) is 37.8 Å². The molecule has 5 nitrogen and oxygen atoms in total. The topological polar surface area (TPSA) is 66.6 Å². The van der Waals surface area contributed by atoms with Gasteiger partial charge < -0.3 is 15.5 Å². The molecule has 2 unspecified atom stereocenters. The SMILES string of the molecule is CC1(N)CCCCC1C(=O)N1CCN(C(=O)c2ccc(F)cc2F)CC1. The molecule has 0 aromatic heterocycles. The molecule has 1 heterocycles. The minimum Gasteiger partial charge on any atom is -0.339 e. The van der Waals surface area contributed by atoms with Gasteiger partial charge in [0.2, 0.25) is 5.91 Å². The fourth-order valence-electron chi connectivity index (χ4n) is 3.95. The zero-order valence-electron chi connectivity index (χ0n) is 15.0. The first-order valence-electron chi connectivity index (χ1n) is 9.11. The zero-order chi connectivity index (χ0) is 18.9. The number of nitrogens with zero attached hydrogens (tertiary/aromatic N) is 2. The van der Waals surface area contributed by atoms with E-state index in [1.54, 1.807) is 4.90 Å². The van der Waals surface area contributed by atoms with Crippen LogP contribution in [0.2, 0.25) is 0 Å². The summed E-state index contributed by atoms with van der Waals surface area (Å²) in [5.74, 6) is -2.19. The summed E-state index contributed by atoms with van der Waals surface area (Å²) in [6.45, 7) is 3.40. The molecule has 26 heavy (non-hydrogen) atoms. The molecule has 0 spiro atoms. The van der Waals surface area contributed by atoms with Gasteiger partial charge in [-0.15, -0.1) is 0 Å². The number of piperazine rings is 1. The average molecular weight is 365 g/mol. The normalized spacial score (nSPS) is 26.7. The number of carbonyl (C=O) groups excluding carboxylic acids is 2. The highest BCUT2D eigenvalue weighted by atomic mass is 19.1. The van der Waals surface area contributed by atoms with Crippen LogP contribution in [0.25, 0.3) is 0 Å². The van der Waals surface area contributed by atoms with Crippen LogP contribution in [0.1, 0.15) is 43.0 Å². The van der Waals surface area contributed by atoms with E-state index in [2.05, 4.69) is 0 Å². The lowest BCUT2D eigenvalue weighted by Crippen LogP contribution is -2.57. The molecule has 1 aliphatic heterocycles. The van der Waals surface area contributed by atoms with Gasteiger partial charge in [-0.25, -0.2) is 8.78 Å². The molecule has 2 N–H and O–H groups in total. The molecule has 2 amide bonds. The lowest BCUT2D eigenvalue weighted by atomic mass is 9.74. The van der Waals surface area contributed by atoms with Crippen molar-refractivity contribution in [1.29, 1.82) is 0 Å². The van der Waals surface area contributed by atoms with E-state index in [9.17, 15) is 18.4 Å². The van der Waals surface area contributed by atoms with Gasteiger partial charge in [0.1, 0.15) is 11.6 Å². The second-order valence-electron chi connectivity index (χ2n) is 7.55. The number of nitrogens with two attached hydrogens (primary N) is 1. The smallest absolute Gasteiger partial charge is 0.256 e. The van der Waals surface area contributed by atoms with Crippen LogP contribution in [0.15, 0.2) is 18.2 Å². The van der Waals surface area contributed by atoms with Crippen molar-refractivity contribution >= 4 is 11.8 Å². The zero-order valence-corrected chi connectivity index (χ0v) is 15.0. The number of hydrogen-bond acceptors (Lipinski definition) is 3. The summed E-state index contributed by atoms with van der Waals surface area (Å²) in [5.41, 5.74) is 5.69. The molecule has 2 aliphatic rings. The predicted molar refractivity (Wildman–Crippen MR) is 93.4 cm³/mol. The van der Waals surface area contributed by atoms with Crippen LogP contribution in [-0.2, 0) is 4.79 Å². The Balaban J connectivity index is 1.62. The van der Waals surface area contributed by atoms with Gasteiger partial charge in [-0.3, -0.25) is 9.59 Å². The lowest BCUT2D eigenvalue weighted by molar-refractivity contribution is -0.140. The van der Waals surface area contributed by atoms with Crippen LogP contribution in [0.5, 0.6) is 0 Å². The van der Waals surface area contributed by atoms with E-state index in [-0.39, 0.29) is 17.4 Å². The Morgan fingerprint density at radius 3 is 2.38 bits per heavy atom. The van der Waals surface area contributed by atoms with Crippen LogP contribution in [-0.4, -0.2) is 53.3 Å². The summed E-state index contributed by atoms with van der Waals surface area (Å²) < 4.78 is 26.8. The Hall–Kier alpha value is -2.02. The van der Waals surface area contributed by atoms with Gasteiger partial charge in [-0.2, -0.15) is 0 Å². The van der Waals surface area contributed by atoms with Crippen molar-refractivity contribution in [3.05, 3.63) is 35.4 Å². The molecule has 1 aromatic rings. The molecule has 142 valence electrons. The second kappa shape index (κ2) is 7.31. The molecule has 0 bridgehead atoms. The third-order valence-electron chi connectivity index (χ3n) is 5.59. The van der Waals surface area contributed by atoms with Crippen molar-refractivity contribution in [3.63, 3.8) is 0 Å². The summed E-state index contributed by atoms with van der Waals surface area (Å²) >= 11 is 0. The molecule has 1 saturated heterocycles. The molecule has 0 radical (unpaired) electrons. The fraction of sp³-hybridized carbons (Fsp3) is 0.579. The van der Waals surface area contributed by atoms with E-state index >= 15 is 0 Å². The van der Waals surface area contributed by atoms with E-state index in [0.717, 1.165) is 37.8 Å². The Morgan fingerprint density at radius 2 is 1.77 bits per heavy atom. The Labute approximate surface area is 152 Å². The highest BCUT2D eigenvalue weighted by Gasteiger charge is 2.40. The second-order valence-corrected chi connectivity index (χ2v) is 7.55. The number of rotatable bonds is 2. The number of hydrogen-bond donors (Lipinski definition) is 1. The third-order valence-corrected chi connectivity index (χ3v) is 5.59. The van der Waals surface area contributed by atoms with E-state index in [1.807, 2.05) is 6.92 Å². The third kappa shape index (κ3) is 3.72. The van der Waals surface area contributed by atoms with Crippen molar-refractivity contribution in [2.75, 3.05) is 26.2 Å². The Kier molecular flexibility index (Phi) is 5.27. The predicted octanol–water partition coefficient (Wildman–Crippen LogP) is 2.16. The minimum absolute atomic E-state index is 0.0507. The first-order valence-corrected chi connectivity index (χ1v) is 9.11. The van der Waals surface area contributed by atoms with Crippen LogP contribution in [0.3, 0.4) is 0 Å². The highest BCUT2D eigenvalue weighted by Crippen LogP contribution is 2.33. The van der Waals surface area contributed by atoms with Gasteiger partial charge in [0.25, 0.3) is 5.91 Å². The van der Waals surface area contributed by atoms with E-state index in [1.165, 1.54) is 4.90 Å². The summed E-state index contributed by atoms with van der Waals surface area (Å²) in [7, 11) is 0. The first kappa shape index (κ1) is 18.8. The molecule has 3 rings (SSSR count). The lowest BCUT2D eigenvalue weighted by Gasteiger charge is -2.42. The van der Waals surface area contributed by atoms with E-state index < -0.39 is 23.1 Å². The molecular formula is C19H25F2N3O2. The standard InChI is InChI=1S/C19H25F2N3O2/c1-19(22)7-3-2-4-15(19)18(26)24-10-8-23(9-11-24)17(25)14-6-5-13(20)12-16(14)21/h5-6,12,15H,2-4,7-11,22H2,1H3. The average Bonchev–Trinajstić information content (AvgIpc) is 2.60. The molecule has 2 fully saturated rings. The maximum absolute atomic E-state index is 13.8. The van der Waals surface area contributed by atoms with Gasteiger partial charge in [0.15, 0.2) is 0 Å². The van der Waals surface area contributed by atoms with Crippen molar-refractivity contribution in [3.8, 4) is 0 Å². The minimum atomic E-state index is -0.866. The van der Waals surface area contributed by atoms with Crippen LogP contribution < -0.4 is 5.73 Å². The van der Waals surface area contributed by atoms with Crippen LogP contribution >= 0.6 is 0 Å². The van der Waals surface area contributed by atoms with E-state index in [0.29, 0.717) is 32.2 Å². The van der Waals surface area contributed by atoms with Crippen LogP contribution in [0.4, 0.5) is 8.78 Å². The molecular weight excluding hydrogens is 340 g/mol. The molecule has 1 aliphatic carbocycles. The summed E-state index contributed by atoms with van der Waals surface area (Å²) in [5, 5.41) is 0. The largest absolute Gasteiger partial charge is 0.339 e. The molecule has 2 atom stereocenters. The highest BCUT2D eigenvalue weighted by molar-refractivity contribution is 5.94. The summed E-state index contributed by atoms with van der Waals surface area (Å²) in [6.07, 6.45) is 3.69. The monoisotopic (exact) mass is 365 g/mol. The number of benzene rings is 1. The molecule has 7 heteroatoms. The van der Waals surface area contributed by atoms with Crippen molar-refractivity contribution in [2.45, 2.75) is 38.1 Å². The van der Waals surface area contributed by atoms with Gasteiger partial charge >= 0.3 is 0 Å². The van der Waals surface area contributed by atoms with Crippen molar-refractivity contribution < 1.29 is 18.4 Å². The van der Waals surface area contributed by atoms with Crippen molar-refractivity contribution in [1.82, 2.24) is 9.80 Å². The maximum atomic E-state index is 13.8. The Bertz CT molecular complexity index is 700. The number of amides is 2. The van der Waals surface area contributed by atoms with Gasteiger partial charge in [-0.1, -0.05) is 12.8 Å². The summed E-state index contributed by atoms with van der Waals surface area (Å²) in [4.78, 5) is 28.6. The van der Waals surface area contributed by atoms with Crippen molar-refractivity contribution in [2.24, 2.45) is 11.7 Å². The van der Waals surface area contributed by atoms with E-state index in [4.69, 9.17) is 5.73 Å². The molecule has 1 saturated carbocycles. The number of halogens is 2.